The molecule has 10 heteroatoms. The Hall–Kier alpha value is -1.35. The number of esters is 1. The Balaban J connectivity index is 4.29. The molecule has 0 amide bonds. The van der Waals surface area contributed by atoms with E-state index in [0.29, 0.717) is 17.3 Å². The van der Waals surface area contributed by atoms with E-state index in [1.165, 1.54) is 96.3 Å². The van der Waals surface area contributed by atoms with Gasteiger partial charge in [-0.25, -0.2) is 4.57 Å². The maximum atomic E-state index is 13.1. The molecule has 3 atom stereocenters. The lowest BCUT2D eigenvalue weighted by molar-refractivity contribution is -0.872. The van der Waals surface area contributed by atoms with Crippen LogP contribution in [0.3, 0.4) is 0 Å². The number of hydrogen-bond donors (Lipinski definition) is 2. The van der Waals surface area contributed by atoms with Gasteiger partial charge in [0.1, 0.15) is 12.6 Å². The number of ether oxygens (including phenoxy) is 1. The Morgan fingerprint density at radius 1 is 0.630 bits per heavy atom. The van der Waals surface area contributed by atoms with Gasteiger partial charge in [-0.2, -0.15) is 0 Å². The molecule has 0 rings (SSSR count). The van der Waals surface area contributed by atoms with E-state index in [2.05, 4.69) is 38.2 Å². The van der Waals surface area contributed by atoms with E-state index in [-0.39, 0.29) is 25.2 Å². The van der Waals surface area contributed by atoms with E-state index >= 15 is 0 Å². The summed E-state index contributed by atoms with van der Waals surface area (Å²) in [4.78, 5) is 36.0. The fraction of sp³-hybridized carbons (Fsp3) is 0.864. The minimum absolute atomic E-state index is 0.202. The van der Waals surface area contributed by atoms with E-state index in [0.717, 1.165) is 57.8 Å². The van der Waals surface area contributed by atoms with Gasteiger partial charge in [0.15, 0.2) is 11.9 Å². The Bertz CT molecular complexity index is 996. The summed E-state index contributed by atoms with van der Waals surface area (Å²) in [7, 11) is 0.985. The minimum Gasteiger partial charge on any atom is -0.457 e. The van der Waals surface area contributed by atoms with Crippen LogP contribution in [0.2, 0.25) is 0 Å². The van der Waals surface area contributed by atoms with Gasteiger partial charge < -0.3 is 19.2 Å². The number of allylic oxidation sites excluding steroid dienone is 4. The van der Waals surface area contributed by atoms with Crippen LogP contribution in [-0.4, -0.2) is 79.3 Å². The lowest BCUT2D eigenvalue weighted by Crippen LogP contribution is -2.45. The highest BCUT2D eigenvalue weighted by molar-refractivity contribution is 7.47. The Labute approximate surface area is 332 Å². The topological polar surface area (TPSA) is 119 Å². The quantitative estimate of drug-likeness (QED) is 0.0207. The van der Waals surface area contributed by atoms with Crippen LogP contribution in [0.5, 0.6) is 0 Å². The molecule has 9 nitrogen and oxygen atoms in total. The van der Waals surface area contributed by atoms with Gasteiger partial charge in [-0.3, -0.25) is 18.6 Å². The van der Waals surface area contributed by atoms with Crippen molar-refractivity contribution in [3.05, 3.63) is 24.3 Å². The summed E-state index contributed by atoms with van der Waals surface area (Å²) < 4.78 is 29.1. The molecule has 0 aromatic rings. The van der Waals surface area contributed by atoms with E-state index in [9.17, 15) is 24.2 Å². The fourth-order valence-electron chi connectivity index (χ4n) is 6.34. The highest BCUT2D eigenvalue weighted by atomic mass is 31.2. The number of nitrogens with zero attached hydrogens (tertiary/aromatic N) is 1. The predicted octanol–water partition coefficient (Wildman–Crippen LogP) is 11.7. The molecule has 0 saturated carbocycles. The minimum atomic E-state index is -4.67. The Morgan fingerprint density at radius 3 is 1.54 bits per heavy atom. The number of unbranched alkanes of at least 4 members (excludes halogenated alkanes) is 22. The lowest BCUT2D eigenvalue weighted by Gasteiger charge is -2.29. The fourth-order valence-corrected chi connectivity index (χ4v) is 7.26. The van der Waals surface area contributed by atoms with Crippen molar-refractivity contribution >= 4 is 19.6 Å². The van der Waals surface area contributed by atoms with Gasteiger partial charge in [-0.1, -0.05) is 160 Å². The SMILES string of the molecule is CCCCC/C=C\C/C=C\CCCCCCCC(=O)O[C@H](CO)COP(=O)(O)OC(C[N+](C)(C)C)C(=O)CCCCCCCCCCCCCCCCC. The highest BCUT2D eigenvalue weighted by Gasteiger charge is 2.35. The number of Topliss-reactive ketones (excluding diaryl/α,β-unsaturated/α-hetero) is 1. The second-order valence-corrected chi connectivity index (χ2v) is 17.7. The molecule has 0 fully saturated rings. The highest BCUT2D eigenvalue weighted by Crippen LogP contribution is 2.45. The summed E-state index contributed by atoms with van der Waals surface area (Å²) >= 11 is 0. The van der Waals surface area contributed by atoms with Crippen LogP contribution in [0.1, 0.15) is 194 Å². The smallest absolute Gasteiger partial charge is 0.457 e. The van der Waals surface area contributed by atoms with Crippen molar-refractivity contribution in [2.24, 2.45) is 0 Å². The summed E-state index contributed by atoms with van der Waals surface area (Å²) in [6.07, 6.45) is 37.7. The largest absolute Gasteiger partial charge is 0.473 e. The molecular formula is C44H85NO8P+. The summed E-state index contributed by atoms with van der Waals surface area (Å²) in [5, 5.41) is 9.73. The van der Waals surface area contributed by atoms with Crippen LogP contribution in [0.25, 0.3) is 0 Å². The standard InChI is InChI=1S/C44H84NO8P/c1-6-8-10-12-14-16-18-20-22-24-26-28-30-32-34-36-42(47)43(38-45(3,4)5)53-54(49,50)51-40-41(39-46)52-44(48)37-35-33-31-29-27-25-23-21-19-17-15-13-11-9-7-2/h15,17,21,23,41,43,46H,6-14,16,18-20,22,24-40H2,1-5H3/p+1/b17-15-,23-21-/t41-,43?/m1/s1. The normalized spacial score (nSPS) is 14.5. The van der Waals surface area contributed by atoms with Gasteiger partial charge >= 0.3 is 13.8 Å². The Kier molecular flexibility index (Phi) is 35.1. The summed E-state index contributed by atoms with van der Waals surface area (Å²) in [5.74, 6) is -0.711. The van der Waals surface area contributed by atoms with Gasteiger partial charge in [-0.15, -0.1) is 0 Å². The number of phosphoric ester groups is 1. The first-order chi connectivity index (χ1) is 25.9. The molecule has 0 radical (unpaired) electrons. The van der Waals surface area contributed by atoms with Crippen molar-refractivity contribution in [1.82, 2.24) is 0 Å². The first-order valence-corrected chi connectivity index (χ1v) is 23.5. The van der Waals surface area contributed by atoms with Crippen LogP contribution in [0.15, 0.2) is 24.3 Å². The van der Waals surface area contributed by atoms with Crippen LogP contribution in [-0.2, 0) is 27.9 Å². The number of aliphatic hydroxyl groups excluding tert-OH is 1. The lowest BCUT2D eigenvalue weighted by atomic mass is 10.0. The monoisotopic (exact) mass is 787 g/mol. The number of aliphatic hydroxyl groups is 1. The van der Waals surface area contributed by atoms with Gasteiger partial charge in [0.05, 0.1) is 34.4 Å². The zero-order chi connectivity index (χ0) is 40.2. The average Bonchev–Trinajstić information content (AvgIpc) is 3.12. The third-order valence-electron chi connectivity index (χ3n) is 9.62. The third-order valence-corrected chi connectivity index (χ3v) is 10.6. The summed E-state index contributed by atoms with van der Waals surface area (Å²) in [6.45, 7) is 3.61. The van der Waals surface area contributed by atoms with E-state index < -0.39 is 39.2 Å². The molecule has 54 heavy (non-hydrogen) atoms. The molecule has 2 N–H and O–H groups in total. The van der Waals surface area contributed by atoms with Crippen LogP contribution in [0, 0.1) is 0 Å². The third kappa shape index (κ3) is 36.3. The molecule has 0 aromatic carbocycles. The first-order valence-electron chi connectivity index (χ1n) is 22.0. The van der Waals surface area contributed by atoms with Crippen molar-refractivity contribution in [2.45, 2.75) is 206 Å². The van der Waals surface area contributed by atoms with Crippen LogP contribution < -0.4 is 0 Å². The van der Waals surface area contributed by atoms with Gasteiger partial charge in [0, 0.05) is 12.8 Å². The zero-order valence-electron chi connectivity index (χ0n) is 35.6. The molecule has 0 aromatic heterocycles. The Morgan fingerprint density at radius 2 is 1.06 bits per heavy atom. The number of ketones is 1. The summed E-state index contributed by atoms with van der Waals surface area (Å²) in [5.41, 5.74) is 0. The number of likely N-dealkylation sites (N-methyl/N-ethyl adjacent to an activating group) is 1. The summed E-state index contributed by atoms with van der Waals surface area (Å²) in [6, 6.07) is 0. The van der Waals surface area contributed by atoms with E-state index in [4.69, 9.17) is 13.8 Å². The molecule has 0 aliphatic carbocycles. The number of quaternary nitrogens is 1. The van der Waals surface area contributed by atoms with E-state index in [1.54, 1.807) is 0 Å². The number of carbonyl (C=O) groups is 2. The average molecular weight is 787 g/mol. The molecule has 0 bridgehead atoms. The number of carbonyl (C=O) groups excluding carboxylic acids is 2. The first kappa shape index (κ1) is 52.6. The van der Waals surface area contributed by atoms with Crippen molar-refractivity contribution in [1.29, 1.82) is 0 Å². The molecular weight excluding hydrogens is 701 g/mol. The molecule has 0 aliphatic rings. The van der Waals surface area contributed by atoms with Crippen molar-refractivity contribution < 1.29 is 42.4 Å². The van der Waals surface area contributed by atoms with E-state index in [1.807, 2.05) is 21.1 Å². The number of phosphoric acid groups is 1. The molecule has 0 aliphatic heterocycles. The van der Waals surface area contributed by atoms with Crippen molar-refractivity contribution in [2.75, 3.05) is 40.9 Å². The van der Waals surface area contributed by atoms with Crippen LogP contribution in [0.4, 0.5) is 0 Å². The molecule has 318 valence electrons. The predicted molar refractivity (Wildman–Crippen MR) is 224 cm³/mol. The maximum absolute atomic E-state index is 13.1. The number of hydrogen-bond acceptors (Lipinski definition) is 7. The zero-order valence-corrected chi connectivity index (χ0v) is 36.5. The van der Waals surface area contributed by atoms with Gasteiger partial charge in [0.2, 0.25) is 0 Å². The number of rotatable bonds is 40. The van der Waals surface area contributed by atoms with Gasteiger partial charge in [-0.05, 0) is 44.9 Å². The van der Waals surface area contributed by atoms with Crippen molar-refractivity contribution in [3.63, 3.8) is 0 Å². The maximum Gasteiger partial charge on any atom is 0.473 e. The second-order valence-electron chi connectivity index (χ2n) is 16.3. The van der Waals surface area contributed by atoms with Crippen molar-refractivity contribution in [3.8, 4) is 0 Å². The molecule has 0 saturated heterocycles. The second kappa shape index (κ2) is 36.0. The molecule has 0 heterocycles. The van der Waals surface area contributed by atoms with Crippen LogP contribution >= 0.6 is 7.82 Å². The molecule has 0 spiro atoms. The molecule has 2 unspecified atom stereocenters. The van der Waals surface area contributed by atoms with Gasteiger partial charge in [0.25, 0.3) is 0 Å².